The first-order valence-corrected chi connectivity index (χ1v) is 8.29. The average Bonchev–Trinajstić information content (AvgIpc) is 2.48. The van der Waals surface area contributed by atoms with Crippen molar-refractivity contribution in [2.45, 2.75) is 46.6 Å². The number of anilines is 1. The SMILES string of the molecule is CCN(CC)CCCN(CC)c1ncccc1CC(C)N. The van der Waals surface area contributed by atoms with E-state index in [1.807, 2.05) is 19.2 Å². The smallest absolute Gasteiger partial charge is 0.131 e. The molecule has 0 amide bonds. The van der Waals surface area contributed by atoms with E-state index in [4.69, 9.17) is 5.73 Å². The van der Waals surface area contributed by atoms with Crippen LogP contribution in [-0.4, -0.2) is 48.6 Å². The van der Waals surface area contributed by atoms with Gasteiger partial charge in [-0.1, -0.05) is 19.9 Å². The van der Waals surface area contributed by atoms with Gasteiger partial charge in [-0.15, -0.1) is 0 Å². The van der Waals surface area contributed by atoms with Crippen LogP contribution in [0.4, 0.5) is 5.82 Å². The molecule has 1 atom stereocenters. The highest BCUT2D eigenvalue weighted by atomic mass is 15.2. The monoisotopic (exact) mass is 292 g/mol. The Morgan fingerprint density at radius 1 is 1.14 bits per heavy atom. The van der Waals surface area contributed by atoms with Crippen LogP contribution in [0.25, 0.3) is 0 Å². The minimum Gasteiger partial charge on any atom is -0.357 e. The quantitative estimate of drug-likeness (QED) is 0.720. The molecule has 0 spiro atoms. The summed E-state index contributed by atoms with van der Waals surface area (Å²) in [7, 11) is 0. The summed E-state index contributed by atoms with van der Waals surface area (Å²) in [6.07, 6.45) is 3.94. The lowest BCUT2D eigenvalue weighted by atomic mass is 10.1. The Hall–Kier alpha value is -1.13. The molecule has 4 heteroatoms. The van der Waals surface area contributed by atoms with Crippen molar-refractivity contribution in [2.24, 2.45) is 5.73 Å². The van der Waals surface area contributed by atoms with Gasteiger partial charge in [0.05, 0.1) is 0 Å². The number of hydrogen-bond acceptors (Lipinski definition) is 4. The molecule has 1 heterocycles. The molecule has 120 valence electrons. The Morgan fingerprint density at radius 2 is 1.86 bits per heavy atom. The molecular weight excluding hydrogens is 260 g/mol. The third-order valence-electron chi connectivity index (χ3n) is 3.89. The van der Waals surface area contributed by atoms with Crippen LogP contribution in [0.1, 0.15) is 39.7 Å². The lowest BCUT2D eigenvalue weighted by Gasteiger charge is -2.26. The van der Waals surface area contributed by atoms with E-state index in [1.54, 1.807) is 0 Å². The lowest BCUT2D eigenvalue weighted by Crippen LogP contribution is -2.31. The molecule has 1 aromatic rings. The Morgan fingerprint density at radius 3 is 2.43 bits per heavy atom. The Kier molecular flexibility index (Phi) is 8.31. The van der Waals surface area contributed by atoms with Crippen LogP contribution in [0.5, 0.6) is 0 Å². The standard InChI is InChI=1S/C17H32N4/c1-5-20(6-2)12-9-13-21(7-3)17-16(14-15(4)18)10-8-11-19-17/h8,10-11,15H,5-7,9,12-14,18H2,1-4H3. The predicted molar refractivity (Wildman–Crippen MR) is 91.9 cm³/mol. The van der Waals surface area contributed by atoms with Crippen LogP contribution >= 0.6 is 0 Å². The Balaban J connectivity index is 2.67. The number of nitrogens with zero attached hydrogens (tertiary/aromatic N) is 3. The largest absolute Gasteiger partial charge is 0.357 e. The normalized spacial score (nSPS) is 12.7. The van der Waals surface area contributed by atoms with E-state index >= 15 is 0 Å². The van der Waals surface area contributed by atoms with Crippen molar-refractivity contribution >= 4 is 5.82 Å². The number of rotatable bonds is 10. The van der Waals surface area contributed by atoms with Crippen LogP contribution in [0.3, 0.4) is 0 Å². The summed E-state index contributed by atoms with van der Waals surface area (Å²) in [5.74, 6) is 1.11. The molecule has 1 rings (SSSR count). The van der Waals surface area contributed by atoms with E-state index in [0.717, 1.165) is 45.0 Å². The van der Waals surface area contributed by atoms with Gasteiger partial charge in [0.2, 0.25) is 0 Å². The zero-order valence-corrected chi connectivity index (χ0v) is 14.2. The third kappa shape index (κ3) is 6.02. The van der Waals surface area contributed by atoms with Gasteiger partial charge in [-0.05, 0) is 58.0 Å². The summed E-state index contributed by atoms with van der Waals surface area (Å²) < 4.78 is 0. The first-order chi connectivity index (χ1) is 10.1. The summed E-state index contributed by atoms with van der Waals surface area (Å²) in [6.45, 7) is 14.1. The highest BCUT2D eigenvalue weighted by Crippen LogP contribution is 2.18. The molecule has 21 heavy (non-hydrogen) atoms. The van der Waals surface area contributed by atoms with E-state index in [2.05, 4.69) is 41.6 Å². The molecule has 4 nitrogen and oxygen atoms in total. The van der Waals surface area contributed by atoms with E-state index in [0.29, 0.717) is 0 Å². The number of pyridine rings is 1. The van der Waals surface area contributed by atoms with Crippen LogP contribution in [0.15, 0.2) is 18.3 Å². The maximum atomic E-state index is 5.96. The second-order valence-corrected chi connectivity index (χ2v) is 5.63. The van der Waals surface area contributed by atoms with Gasteiger partial charge in [-0.25, -0.2) is 4.98 Å². The fourth-order valence-corrected chi connectivity index (χ4v) is 2.66. The first kappa shape index (κ1) is 17.9. The number of hydrogen-bond donors (Lipinski definition) is 1. The lowest BCUT2D eigenvalue weighted by molar-refractivity contribution is 0.300. The topological polar surface area (TPSA) is 45.4 Å². The van der Waals surface area contributed by atoms with Gasteiger partial charge in [0.25, 0.3) is 0 Å². The minimum atomic E-state index is 0.169. The van der Waals surface area contributed by atoms with Crippen molar-refractivity contribution in [3.63, 3.8) is 0 Å². The van der Waals surface area contributed by atoms with E-state index in [9.17, 15) is 0 Å². The van der Waals surface area contributed by atoms with E-state index < -0.39 is 0 Å². The van der Waals surface area contributed by atoms with Crippen molar-refractivity contribution in [1.82, 2.24) is 9.88 Å². The number of nitrogens with two attached hydrogens (primary N) is 1. The van der Waals surface area contributed by atoms with Gasteiger partial charge in [0, 0.05) is 25.3 Å². The van der Waals surface area contributed by atoms with Crippen molar-refractivity contribution in [3.8, 4) is 0 Å². The summed E-state index contributed by atoms with van der Waals surface area (Å²) in [4.78, 5) is 9.44. The zero-order valence-electron chi connectivity index (χ0n) is 14.2. The fraction of sp³-hybridized carbons (Fsp3) is 0.706. The van der Waals surface area contributed by atoms with Gasteiger partial charge < -0.3 is 15.5 Å². The molecule has 0 aromatic carbocycles. The summed E-state index contributed by atoms with van der Waals surface area (Å²) in [5.41, 5.74) is 7.22. The molecule has 2 N–H and O–H groups in total. The molecule has 0 bridgehead atoms. The second kappa shape index (κ2) is 9.74. The molecule has 0 saturated heterocycles. The fourth-order valence-electron chi connectivity index (χ4n) is 2.66. The highest BCUT2D eigenvalue weighted by Gasteiger charge is 2.12. The molecule has 0 aliphatic carbocycles. The van der Waals surface area contributed by atoms with Crippen molar-refractivity contribution in [2.75, 3.05) is 37.6 Å². The molecule has 0 aliphatic heterocycles. The van der Waals surface area contributed by atoms with Gasteiger partial charge in [0.1, 0.15) is 5.82 Å². The minimum absolute atomic E-state index is 0.169. The molecule has 0 aliphatic rings. The molecular formula is C17H32N4. The van der Waals surface area contributed by atoms with Gasteiger partial charge in [0.15, 0.2) is 0 Å². The summed E-state index contributed by atoms with van der Waals surface area (Å²) in [5, 5.41) is 0. The maximum Gasteiger partial charge on any atom is 0.131 e. The van der Waals surface area contributed by atoms with Crippen molar-refractivity contribution in [1.29, 1.82) is 0 Å². The van der Waals surface area contributed by atoms with Crippen LogP contribution in [0, 0.1) is 0 Å². The van der Waals surface area contributed by atoms with Gasteiger partial charge in [-0.2, -0.15) is 0 Å². The molecule has 0 saturated carbocycles. The van der Waals surface area contributed by atoms with Crippen LogP contribution in [-0.2, 0) is 6.42 Å². The number of aromatic nitrogens is 1. The first-order valence-electron chi connectivity index (χ1n) is 8.29. The van der Waals surface area contributed by atoms with Crippen molar-refractivity contribution < 1.29 is 0 Å². The van der Waals surface area contributed by atoms with E-state index in [1.165, 1.54) is 12.0 Å². The second-order valence-electron chi connectivity index (χ2n) is 5.63. The van der Waals surface area contributed by atoms with E-state index in [-0.39, 0.29) is 6.04 Å². The third-order valence-corrected chi connectivity index (χ3v) is 3.89. The highest BCUT2D eigenvalue weighted by molar-refractivity contribution is 5.47. The summed E-state index contributed by atoms with van der Waals surface area (Å²) >= 11 is 0. The van der Waals surface area contributed by atoms with Gasteiger partial charge in [-0.3, -0.25) is 0 Å². The van der Waals surface area contributed by atoms with Crippen LogP contribution in [0.2, 0.25) is 0 Å². The molecule has 0 fully saturated rings. The van der Waals surface area contributed by atoms with Crippen molar-refractivity contribution in [3.05, 3.63) is 23.9 Å². The van der Waals surface area contributed by atoms with Crippen LogP contribution < -0.4 is 10.6 Å². The molecule has 1 unspecified atom stereocenters. The summed E-state index contributed by atoms with van der Waals surface area (Å²) in [6, 6.07) is 4.33. The maximum absolute atomic E-state index is 5.96. The van der Waals surface area contributed by atoms with Gasteiger partial charge >= 0.3 is 0 Å². The molecule has 1 aromatic heterocycles. The zero-order chi connectivity index (χ0) is 15.7. The molecule has 0 radical (unpaired) electrons. The predicted octanol–water partition coefficient (Wildman–Crippen LogP) is 2.53. The Bertz CT molecular complexity index is 388. The average molecular weight is 292 g/mol. The Labute approximate surface area is 130 Å².